The highest BCUT2D eigenvalue weighted by Gasteiger charge is 2.11. The molecule has 22 heavy (non-hydrogen) atoms. The lowest BCUT2D eigenvalue weighted by molar-refractivity contribution is -0.141. The molecular formula is C16H20N2O3S. The maximum absolute atomic E-state index is 11.6. The molecule has 1 aromatic carbocycles. The van der Waals surface area contributed by atoms with E-state index in [4.69, 9.17) is 4.74 Å². The third-order valence-electron chi connectivity index (χ3n) is 3.33. The number of hydrogen-bond acceptors (Lipinski definition) is 4. The van der Waals surface area contributed by atoms with Gasteiger partial charge in [0.15, 0.2) is 4.80 Å². The number of fused-ring (bicyclic) bond motifs is 1. The van der Waals surface area contributed by atoms with Gasteiger partial charge in [-0.05, 0) is 30.5 Å². The average Bonchev–Trinajstić information content (AvgIpc) is 2.81. The molecule has 0 saturated carbocycles. The summed E-state index contributed by atoms with van der Waals surface area (Å²) in [7, 11) is 1.35. The molecule has 0 radical (unpaired) electrons. The molecule has 0 N–H and O–H groups in total. The van der Waals surface area contributed by atoms with Gasteiger partial charge in [0.2, 0.25) is 5.91 Å². The number of carbonyl (C=O) groups is 2. The number of aromatic nitrogens is 1. The molecule has 2 rings (SSSR count). The topological polar surface area (TPSA) is 60.7 Å². The monoisotopic (exact) mass is 320 g/mol. The number of amides is 1. The first-order chi connectivity index (χ1) is 10.5. The van der Waals surface area contributed by atoms with Crippen LogP contribution >= 0.6 is 11.3 Å². The molecule has 6 heteroatoms. The Morgan fingerprint density at radius 1 is 1.36 bits per heavy atom. The van der Waals surface area contributed by atoms with E-state index in [9.17, 15) is 9.59 Å². The van der Waals surface area contributed by atoms with Gasteiger partial charge in [0.05, 0.1) is 17.3 Å². The lowest BCUT2D eigenvalue weighted by atomic mass is 10.1. The van der Waals surface area contributed by atoms with Crippen LogP contribution < -0.4 is 4.80 Å². The molecule has 118 valence electrons. The second kappa shape index (κ2) is 7.35. The first-order valence-corrected chi connectivity index (χ1v) is 8.11. The highest BCUT2D eigenvalue weighted by atomic mass is 32.1. The standard InChI is InChI=1S/C16H20N2O3S/c1-4-5-6-12-7-8-13-14(9-12)22-16(17-11(2)19)18(13)10-15(20)21-3/h7-9H,4-6,10H2,1-3H3. The van der Waals surface area contributed by atoms with Gasteiger partial charge in [-0.3, -0.25) is 9.59 Å². The van der Waals surface area contributed by atoms with Crippen molar-refractivity contribution in [1.82, 2.24) is 4.57 Å². The largest absolute Gasteiger partial charge is 0.468 e. The van der Waals surface area contributed by atoms with Crippen LogP contribution in [0.15, 0.2) is 23.2 Å². The molecule has 1 heterocycles. The first kappa shape index (κ1) is 16.4. The van der Waals surface area contributed by atoms with Crippen LogP contribution in [0.25, 0.3) is 10.2 Å². The summed E-state index contributed by atoms with van der Waals surface area (Å²) in [6.45, 7) is 3.62. The predicted molar refractivity (Wildman–Crippen MR) is 86.7 cm³/mol. The van der Waals surface area contributed by atoms with Crippen LogP contribution in [0.1, 0.15) is 32.3 Å². The fourth-order valence-electron chi connectivity index (χ4n) is 2.22. The molecule has 1 aromatic heterocycles. The average molecular weight is 320 g/mol. The quantitative estimate of drug-likeness (QED) is 0.796. The van der Waals surface area contributed by atoms with E-state index in [2.05, 4.69) is 24.0 Å². The molecule has 2 aromatic rings. The Balaban J connectivity index is 2.53. The number of methoxy groups -OCH3 is 1. The van der Waals surface area contributed by atoms with Crippen molar-refractivity contribution < 1.29 is 14.3 Å². The van der Waals surface area contributed by atoms with E-state index in [1.165, 1.54) is 30.9 Å². The summed E-state index contributed by atoms with van der Waals surface area (Å²) in [6.07, 6.45) is 3.32. The zero-order chi connectivity index (χ0) is 16.1. The number of carbonyl (C=O) groups excluding carboxylic acids is 2. The van der Waals surface area contributed by atoms with Crippen molar-refractivity contribution in [3.05, 3.63) is 28.6 Å². The van der Waals surface area contributed by atoms with E-state index in [-0.39, 0.29) is 18.4 Å². The smallest absolute Gasteiger partial charge is 0.325 e. The number of esters is 1. The number of ether oxygens (including phenoxy) is 1. The second-order valence-corrected chi connectivity index (χ2v) is 6.09. The molecule has 0 fully saturated rings. The van der Waals surface area contributed by atoms with Gasteiger partial charge >= 0.3 is 5.97 Å². The Morgan fingerprint density at radius 3 is 2.77 bits per heavy atom. The number of aryl methyl sites for hydroxylation is 1. The predicted octanol–water partition coefficient (Wildman–Crippen LogP) is 2.67. The van der Waals surface area contributed by atoms with Crippen LogP contribution in [0.5, 0.6) is 0 Å². The fourth-order valence-corrected chi connectivity index (χ4v) is 3.36. The summed E-state index contributed by atoms with van der Waals surface area (Å²) in [4.78, 5) is 27.5. The van der Waals surface area contributed by atoms with Crippen LogP contribution in [-0.4, -0.2) is 23.6 Å². The molecular weight excluding hydrogens is 300 g/mol. The van der Waals surface area contributed by atoms with Gasteiger partial charge in [0, 0.05) is 6.92 Å². The van der Waals surface area contributed by atoms with Crippen molar-refractivity contribution in [1.29, 1.82) is 0 Å². The van der Waals surface area contributed by atoms with E-state index in [0.29, 0.717) is 4.80 Å². The fraction of sp³-hybridized carbons (Fsp3) is 0.438. The number of rotatable bonds is 5. The van der Waals surface area contributed by atoms with E-state index in [0.717, 1.165) is 29.5 Å². The number of nitrogens with zero attached hydrogens (tertiary/aromatic N) is 2. The number of unbranched alkanes of at least 4 members (excludes halogenated alkanes) is 1. The summed E-state index contributed by atoms with van der Waals surface area (Å²) in [6, 6.07) is 6.16. The van der Waals surface area contributed by atoms with Crippen LogP contribution in [0.3, 0.4) is 0 Å². The number of benzene rings is 1. The minimum absolute atomic E-state index is 0.0525. The Bertz CT molecular complexity index is 758. The molecule has 0 saturated heterocycles. The Kier molecular flexibility index (Phi) is 5.49. The zero-order valence-electron chi connectivity index (χ0n) is 13.1. The van der Waals surface area contributed by atoms with Crippen LogP contribution in [-0.2, 0) is 27.3 Å². The van der Waals surface area contributed by atoms with Gasteiger partial charge in [-0.1, -0.05) is 30.7 Å². The highest BCUT2D eigenvalue weighted by molar-refractivity contribution is 7.16. The molecule has 0 aliphatic heterocycles. The van der Waals surface area contributed by atoms with E-state index >= 15 is 0 Å². The molecule has 0 atom stereocenters. The lowest BCUT2D eigenvalue weighted by Crippen LogP contribution is -2.22. The summed E-state index contributed by atoms with van der Waals surface area (Å²) in [5.41, 5.74) is 2.16. The Hall–Kier alpha value is -1.95. The Morgan fingerprint density at radius 2 is 2.14 bits per heavy atom. The van der Waals surface area contributed by atoms with Crippen LogP contribution in [0.4, 0.5) is 0 Å². The number of thiazole rings is 1. The van der Waals surface area contributed by atoms with Crippen molar-refractivity contribution >= 4 is 33.4 Å². The summed E-state index contributed by atoms with van der Waals surface area (Å²) >= 11 is 1.42. The molecule has 5 nitrogen and oxygen atoms in total. The Labute approximate surface area is 133 Å². The summed E-state index contributed by atoms with van der Waals surface area (Å²) in [5.74, 6) is -0.642. The maximum Gasteiger partial charge on any atom is 0.325 e. The second-order valence-electron chi connectivity index (χ2n) is 5.08. The maximum atomic E-state index is 11.6. The van der Waals surface area contributed by atoms with Gasteiger partial charge in [-0.25, -0.2) is 0 Å². The molecule has 0 spiro atoms. The van der Waals surface area contributed by atoms with Crippen molar-refractivity contribution in [3.8, 4) is 0 Å². The van der Waals surface area contributed by atoms with Crippen molar-refractivity contribution in [3.63, 3.8) is 0 Å². The molecule has 0 unspecified atom stereocenters. The SMILES string of the molecule is CCCCc1ccc2c(c1)sc(=NC(C)=O)n2CC(=O)OC. The molecule has 0 aliphatic rings. The lowest BCUT2D eigenvalue weighted by Gasteiger charge is -2.04. The third-order valence-corrected chi connectivity index (χ3v) is 4.38. The zero-order valence-corrected chi connectivity index (χ0v) is 13.9. The van der Waals surface area contributed by atoms with Crippen LogP contribution in [0, 0.1) is 0 Å². The minimum Gasteiger partial charge on any atom is -0.468 e. The van der Waals surface area contributed by atoms with E-state index < -0.39 is 0 Å². The van der Waals surface area contributed by atoms with Crippen LogP contribution in [0.2, 0.25) is 0 Å². The molecule has 0 aliphatic carbocycles. The van der Waals surface area contributed by atoms with Crippen molar-refractivity contribution in [2.75, 3.05) is 7.11 Å². The van der Waals surface area contributed by atoms with Gasteiger partial charge in [-0.15, -0.1) is 0 Å². The van der Waals surface area contributed by atoms with E-state index in [1.807, 2.05) is 6.07 Å². The number of hydrogen-bond donors (Lipinski definition) is 0. The van der Waals surface area contributed by atoms with Crippen molar-refractivity contribution in [2.24, 2.45) is 4.99 Å². The van der Waals surface area contributed by atoms with Gasteiger partial charge in [0.1, 0.15) is 6.54 Å². The summed E-state index contributed by atoms with van der Waals surface area (Å²) in [5, 5.41) is 0. The van der Waals surface area contributed by atoms with Gasteiger partial charge < -0.3 is 9.30 Å². The molecule has 1 amide bonds. The minimum atomic E-state index is -0.361. The summed E-state index contributed by atoms with van der Waals surface area (Å²) < 4.78 is 7.49. The van der Waals surface area contributed by atoms with E-state index in [1.54, 1.807) is 4.57 Å². The third kappa shape index (κ3) is 3.82. The van der Waals surface area contributed by atoms with Gasteiger partial charge in [-0.2, -0.15) is 4.99 Å². The molecule has 0 bridgehead atoms. The van der Waals surface area contributed by atoms with Crippen molar-refractivity contribution in [2.45, 2.75) is 39.7 Å². The highest BCUT2D eigenvalue weighted by Crippen LogP contribution is 2.20. The normalized spacial score (nSPS) is 11.9. The van der Waals surface area contributed by atoms with Gasteiger partial charge in [0.25, 0.3) is 0 Å². The first-order valence-electron chi connectivity index (χ1n) is 7.29.